The predicted molar refractivity (Wildman–Crippen MR) is 140 cm³/mol. The molecule has 1 aromatic carbocycles. The summed E-state index contributed by atoms with van der Waals surface area (Å²) in [6.45, 7) is 9.95. The van der Waals surface area contributed by atoms with Crippen LogP contribution in [0.2, 0.25) is 0 Å². The Hall–Kier alpha value is -2.37. The van der Waals surface area contributed by atoms with Crippen molar-refractivity contribution in [2.45, 2.75) is 64.5 Å². The second-order valence-corrected chi connectivity index (χ2v) is 10.4. The van der Waals surface area contributed by atoms with Gasteiger partial charge in [0.2, 0.25) is 0 Å². The van der Waals surface area contributed by atoms with E-state index in [1.807, 2.05) is 6.07 Å². The molecule has 1 aromatic heterocycles. The van der Waals surface area contributed by atoms with Crippen LogP contribution in [0.5, 0.6) is 0 Å². The summed E-state index contributed by atoms with van der Waals surface area (Å²) in [6.07, 6.45) is 15.2. The van der Waals surface area contributed by atoms with E-state index in [2.05, 4.69) is 63.2 Å². The van der Waals surface area contributed by atoms with Gasteiger partial charge < -0.3 is 19.7 Å². The number of amides is 1. The Kier molecular flexibility index (Phi) is 7.51. The van der Waals surface area contributed by atoms with Crippen molar-refractivity contribution < 1.29 is 4.79 Å². The Bertz CT molecular complexity index is 1050. The van der Waals surface area contributed by atoms with Crippen molar-refractivity contribution in [2.75, 3.05) is 39.3 Å². The van der Waals surface area contributed by atoms with Gasteiger partial charge in [-0.3, -0.25) is 4.79 Å². The number of para-hydroxylation sites is 1. The highest BCUT2D eigenvalue weighted by atomic mass is 16.1. The minimum Gasteiger partial charge on any atom is -0.348 e. The van der Waals surface area contributed by atoms with Crippen molar-refractivity contribution in [1.82, 2.24) is 19.7 Å². The average molecular weight is 461 g/mol. The molecule has 2 saturated heterocycles. The number of nitrogens with one attached hydrogen (secondary N) is 1. The van der Waals surface area contributed by atoms with Gasteiger partial charge in [-0.15, -0.1) is 0 Å². The number of fused-ring (bicyclic) bond motifs is 1. The van der Waals surface area contributed by atoms with Crippen LogP contribution >= 0.6 is 0 Å². The lowest BCUT2D eigenvalue weighted by molar-refractivity contribution is 0.0958. The van der Waals surface area contributed by atoms with Crippen LogP contribution in [0.1, 0.15) is 62.2 Å². The molecule has 0 unspecified atom stereocenters. The number of allylic oxidation sites excluding steroid dienone is 3. The lowest BCUT2D eigenvalue weighted by atomic mass is 10.0. The summed E-state index contributed by atoms with van der Waals surface area (Å²) < 4.78 is 2.29. The Morgan fingerprint density at radius 1 is 1.06 bits per heavy atom. The van der Waals surface area contributed by atoms with Crippen LogP contribution in [-0.2, 0) is 6.54 Å². The van der Waals surface area contributed by atoms with Gasteiger partial charge in [0.25, 0.3) is 5.91 Å². The van der Waals surface area contributed by atoms with Crippen LogP contribution < -0.4 is 5.32 Å². The molecular formula is C29H40N4O. The maximum Gasteiger partial charge on any atom is 0.253 e. The van der Waals surface area contributed by atoms with E-state index in [1.54, 1.807) is 0 Å². The monoisotopic (exact) mass is 460 g/mol. The van der Waals surface area contributed by atoms with Crippen molar-refractivity contribution >= 4 is 16.8 Å². The van der Waals surface area contributed by atoms with Gasteiger partial charge in [-0.1, -0.05) is 41.5 Å². The van der Waals surface area contributed by atoms with Gasteiger partial charge in [0, 0.05) is 36.2 Å². The number of aromatic nitrogens is 1. The number of benzene rings is 1. The van der Waals surface area contributed by atoms with Gasteiger partial charge >= 0.3 is 0 Å². The molecule has 2 aromatic rings. The molecule has 3 aliphatic rings. The fourth-order valence-electron chi connectivity index (χ4n) is 6.06. The fraction of sp³-hybridized carbons (Fsp3) is 0.552. The van der Waals surface area contributed by atoms with E-state index in [-0.39, 0.29) is 5.91 Å². The first-order valence-corrected chi connectivity index (χ1v) is 13.4. The molecule has 1 amide bonds. The van der Waals surface area contributed by atoms with E-state index >= 15 is 0 Å². The molecule has 0 bridgehead atoms. The standard InChI is InChI=1S/C29H40N4O/c1-23-8-6-9-24(20-23)21-30-29(34)27-22-33(28-11-3-2-10-26(27)28)17-7-14-31-18-12-25(13-19-31)32-15-4-5-16-32/h2-3,8,10-11,20,22,25H,4-7,9,12-19,21H2,1H3,(H,30,34). The summed E-state index contributed by atoms with van der Waals surface area (Å²) >= 11 is 0. The van der Waals surface area contributed by atoms with Crippen LogP contribution in [0.3, 0.4) is 0 Å². The van der Waals surface area contributed by atoms with Crippen molar-refractivity contribution in [3.8, 4) is 0 Å². The lowest BCUT2D eigenvalue weighted by Crippen LogP contribution is -2.44. The van der Waals surface area contributed by atoms with Gasteiger partial charge in [-0.2, -0.15) is 0 Å². The quantitative estimate of drug-likeness (QED) is 0.603. The molecule has 2 aliphatic heterocycles. The van der Waals surface area contributed by atoms with Crippen molar-refractivity contribution in [3.63, 3.8) is 0 Å². The van der Waals surface area contributed by atoms with E-state index in [0.717, 1.165) is 54.9 Å². The molecule has 0 spiro atoms. The van der Waals surface area contributed by atoms with Crippen LogP contribution in [0, 0.1) is 0 Å². The number of hydrogen-bond donors (Lipinski definition) is 1. The normalized spacial score (nSPS) is 20.5. The number of likely N-dealkylation sites (tertiary alicyclic amines) is 2. The molecule has 0 saturated carbocycles. The minimum absolute atomic E-state index is 0.0343. The zero-order valence-electron chi connectivity index (χ0n) is 20.8. The molecular weight excluding hydrogens is 420 g/mol. The fourth-order valence-corrected chi connectivity index (χ4v) is 6.06. The highest BCUT2D eigenvalue weighted by Gasteiger charge is 2.26. The number of rotatable bonds is 8. The molecule has 2 fully saturated rings. The number of carbonyl (C=O) groups is 1. The van der Waals surface area contributed by atoms with Gasteiger partial charge in [0.1, 0.15) is 0 Å². The van der Waals surface area contributed by atoms with Crippen LogP contribution in [-0.4, -0.2) is 65.6 Å². The summed E-state index contributed by atoms with van der Waals surface area (Å²) in [6, 6.07) is 9.15. The molecule has 5 heteroatoms. The van der Waals surface area contributed by atoms with E-state index in [9.17, 15) is 4.79 Å². The van der Waals surface area contributed by atoms with Gasteiger partial charge in [-0.25, -0.2) is 0 Å². The predicted octanol–water partition coefficient (Wildman–Crippen LogP) is 4.99. The third kappa shape index (κ3) is 5.47. The smallest absolute Gasteiger partial charge is 0.253 e. The molecule has 3 heterocycles. The first-order valence-electron chi connectivity index (χ1n) is 13.4. The lowest BCUT2D eigenvalue weighted by Gasteiger charge is -2.36. The zero-order valence-corrected chi connectivity index (χ0v) is 20.8. The topological polar surface area (TPSA) is 40.5 Å². The molecule has 1 aliphatic carbocycles. The summed E-state index contributed by atoms with van der Waals surface area (Å²) in [5, 5.41) is 4.23. The van der Waals surface area contributed by atoms with Gasteiger partial charge in [-0.05, 0) is 90.7 Å². The molecule has 1 N–H and O–H groups in total. The van der Waals surface area contributed by atoms with E-state index in [1.165, 1.54) is 63.0 Å². The summed E-state index contributed by atoms with van der Waals surface area (Å²) in [5.41, 5.74) is 4.57. The highest BCUT2D eigenvalue weighted by Crippen LogP contribution is 2.24. The highest BCUT2D eigenvalue weighted by molar-refractivity contribution is 6.07. The van der Waals surface area contributed by atoms with Gasteiger partial charge in [0.05, 0.1) is 5.56 Å². The largest absolute Gasteiger partial charge is 0.348 e. The second kappa shape index (κ2) is 10.9. The molecule has 5 nitrogen and oxygen atoms in total. The summed E-state index contributed by atoms with van der Waals surface area (Å²) in [5.74, 6) is 0.0343. The van der Waals surface area contributed by atoms with Crippen molar-refractivity contribution in [3.05, 3.63) is 59.3 Å². The number of hydrogen-bond acceptors (Lipinski definition) is 3. The maximum atomic E-state index is 13.1. The molecule has 182 valence electrons. The van der Waals surface area contributed by atoms with Crippen molar-refractivity contribution in [2.24, 2.45) is 0 Å². The second-order valence-electron chi connectivity index (χ2n) is 10.4. The molecule has 0 radical (unpaired) electrons. The van der Waals surface area contributed by atoms with E-state index < -0.39 is 0 Å². The van der Waals surface area contributed by atoms with E-state index in [4.69, 9.17) is 0 Å². The van der Waals surface area contributed by atoms with Crippen LogP contribution in [0.4, 0.5) is 0 Å². The third-order valence-electron chi connectivity index (χ3n) is 7.96. The molecule has 5 rings (SSSR count). The Morgan fingerprint density at radius 3 is 2.65 bits per heavy atom. The SMILES string of the molecule is CC1=CCCC(CNC(=O)c2cn(CCCN3CCC(N4CCCC4)CC3)c3ccccc23)=C1. The first-order chi connectivity index (χ1) is 16.7. The molecule has 0 atom stereocenters. The van der Waals surface area contributed by atoms with Crippen LogP contribution in [0.25, 0.3) is 10.9 Å². The Morgan fingerprint density at radius 2 is 1.85 bits per heavy atom. The Balaban J connectivity index is 1.16. The first kappa shape index (κ1) is 23.4. The van der Waals surface area contributed by atoms with Gasteiger partial charge in [0.15, 0.2) is 0 Å². The van der Waals surface area contributed by atoms with Crippen molar-refractivity contribution in [1.29, 1.82) is 0 Å². The number of nitrogens with zero attached hydrogens (tertiary/aromatic N) is 3. The third-order valence-corrected chi connectivity index (χ3v) is 7.96. The maximum absolute atomic E-state index is 13.1. The number of piperidine rings is 1. The average Bonchev–Trinajstić information content (AvgIpc) is 3.52. The minimum atomic E-state index is 0.0343. The summed E-state index contributed by atoms with van der Waals surface area (Å²) in [7, 11) is 0. The molecule has 34 heavy (non-hydrogen) atoms. The Labute approximate surface area is 204 Å². The van der Waals surface area contributed by atoms with Crippen LogP contribution in [0.15, 0.2) is 53.8 Å². The number of aryl methyl sites for hydroxylation is 1. The van der Waals surface area contributed by atoms with E-state index in [0.29, 0.717) is 6.54 Å². The number of carbonyl (C=O) groups excluding carboxylic acids is 1. The summed E-state index contributed by atoms with van der Waals surface area (Å²) in [4.78, 5) is 18.4. The zero-order chi connectivity index (χ0) is 23.3.